The van der Waals surface area contributed by atoms with Crippen molar-refractivity contribution < 1.29 is 13.2 Å². The van der Waals surface area contributed by atoms with Gasteiger partial charge in [0, 0.05) is 18.1 Å². The largest absolute Gasteiger partial charge is 0.332 e. The summed E-state index contributed by atoms with van der Waals surface area (Å²) in [5.41, 5.74) is 4.67. The molecule has 0 aliphatic carbocycles. The molecule has 2 rings (SSSR count). The van der Waals surface area contributed by atoms with Crippen LogP contribution in [0.1, 0.15) is 67.6 Å². The van der Waals surface area contributed by atoms with Crippen LogP contribution in [0.3, 0.4) is 0 Å². The van der Waals surface area contributed by atoms with Crippen molar-refractivity contribution in [2.75, 3.05) is 5.32 Å². The number of anilines is 1. The van der Waals surface area contributed by atoms with E-state index in [1.165, 1.54) is 12.4 Å². The molecule has 0 saturated carbocycles. The molecule has 8 heteroatoms. The number of aryl methyl sites for hydroxylation is 2. The fourth-order valence-electron chi connectivity index (χ4n) is 2.90. The number of benzene rings is 1. The Morgan fingerprint density at radius 2 is 1.57 bits per heavy atom. The lowest BCUT2D eigenvalue weighted by Crippen LogP contribution is -2.36. The fraction of sp³-hybridized carbons (Fsp3) is 0.450. The Bertz CT molecular complexity index is 923. The molecular weight excluding hydrogens is 376 g/mol. The van der Waals surface area contributed by atoms with Crippen molar-refractivity contribution in [1.82, 2.24) is 14.7 Å². The number of hydrogen-bond acceptors (Lipinski definition) is 5. The maximum atomic E-state index is 12.5. The van der Waals surface area contributed by atoms with Crippen LogP contribution < -0.4 is 10.0 Å². The standard InChI is InChI=1S/C20H28N4O3S/c1-12(2)17-7-14(5)8-18(13(3)4)19(17)23-20(25)24-28(26,27)11-16-10-21-15(6)9-22-16/h7-10,12-13H,11H2,1-6H3,(H2,23,24,25). The Hall–Kier alpha value is -2.48. The van der Waals surface area contributed by atoms with Crippen LogP contribution >= 0.6 is 0 Å². The molecule has 0 bridgehead atoms. The first-order chi connectivity index (χ1) is 13.0. The van der Waals surface area contributed by atoms with Crippen LogP contribution in [0, 0.1) is 13.8 Å². The van der Waals surface area contributed by atoms with Gasteiger partial charge < -0.3 is 5.32 Å². The Balaban J connectivity index is 2.23. The molecule has 0 spiro atoms. The van der Waals surface area contributed by atoms with Gasteiger partial charge in [0.2, 0.25) is 10.0 Å². The second-order valence-corrected chi connectivity index (χ2v) is 9.31. The number of carbonyl (C=O) groups excluding carboxylic acids is 1. The third-order valence-electron chi connectivity index (χ3n) is 4.25. The van der Waals surface area contributed by atoms with E-state index in [4.69, 9.17) is 0 Å². The van der Waals surface area contributed by atoms with Crippen molar-refractivity contribution in [3.05, 3.63) is 52.6 Å². The van der Waals surface area contributed by atoms with E-state index in [0.717, 1.165) is 16.7 Å². The van der Waals surface area contributed by atoms with E-state index in [-0.39, 0.29) is 17.5 Å². The Labute approximate surface area is 167 Å². The summed E-state index contributed by atoms with van der Waals surface area (Å²) in [6.07, 6.45) is 2.88. The van der Waals surface area contributed by atoms with Crippen molar-refractivity contribution in [2.45, 2.75) is 59.1 Å². The van der Waals surface area contributed by atoms with Gasteiger partial charge in [-0.1, -0.05) is 45.4 Å². The van der Waals surface area contributed by atoms with Crippen molar-refractivity contribution in [1.29, 1.82) is 0 Å². The van der Waals surface area contributed by atoms with Crippen LogP contribution in [0.4, 0.5) is 10.5 Å². The number of nitrogens with one attached hydrogen (secondary N) is 2. The molecule has 2 N–H and O–H groups in total. The quantitative estimate of drug-likeness (QED) is 0.758. The SMILES string of the molecule is Cc1cc(C(C)C)c(NC(=O)NS(=O)(=O)Cc2cnc(C)cn2)c(C(C)C)c1. The maximum absolute atomic E-state index is 12.5. The molecule has 0 radical (unpaired) electrons. The lowest BCUT2D eigenvalue weighted by molar-refractivity contribution is 0.256. The van der Waals surface area contributed by atoms with Crippen LogP contribution in [-0.2, 0) is 15.8 Å². The van der Waals surface area contributed by atoms with Crippen LogP contribution in [0.5, 0.6) is 0 Å². The number of rotatable bonds is 6. The van der Waals surface area contributed by atoms with Gasteiger partial charge in [-0.05, 0) is 36.8 Å². The molecular formula is C20H28N4O3S. The highest BCUT2D eigenvalue weighted by molar-refractivity contribution is 7.89. The first-order valence-electron chi connectivity index (χ1n) is 9.22. The molecule has 1 heterocycles. The van der Waals surface area contributed by atoms with Gasteiger partial charge in [-0.25, -0.2) is 17.9 Å². The van der Waals surface area contributed by atoms with Gasteiger partial charge in [0.15, 0.2) is 0 Å². The second-order valence-electron chi connectivity index (χ2n) is 7.59. The van der Waals surface area contributed by atoms with Crippen LogP contribution in [0.25, 0.3) is 0 Å². The Morgan fingerprint density at radius 1 is 1.00 bits per heavy atom. The summed E-state index contributed by atoms with van der Waals surface area (Å²) in [6, 6.07) is 3.25. The van der Waals surface area contributed by atoms with Gasteiger partial charge >= 0.3 is 6.03 Å². The number of carbonyl (C=O) groups is 1. The lowest BCUT2D eigenvalue weighted by Gasteiger charge is -2.21. The number of nitrogens with zero attached hydrogens (tertiary/aromatic N) is 2. The van der Waals surface area contributed by atoms with Crippen molar-refractivity contribution in [3.63, 3.8) is 0 Å². The van der Waals surface area contributed by atoms with Gasteiger partial charge in [0.1, 0.15) is 5.75 Å². The number of hydrogen-bond donors (Lipinski definition) is 2. The molecule has 28 heavy (non-hydrogen) atoms. The van der Waals surface area contributed by atoms with Crippen LogP contribution in [-0.4, -0.2) is 24.4 Å². The van der Waals surface area contributed by atoms with E-state index in [1.807, 2.05) is 46.8 Å². The predicted molar refractivity (Wildman–Crippen MR) is 111 cm³/mol. The summed E-state index contributed by atoms with van der Waals surface area (Å²) in [7, 11) is -3.91. The first-order valence-corrected chi connectivity index (χ1v) is 10.9. The summed E-state index contributed by atoms with van der Waals surface area (Å²) in [4.78, 5) is 20.5. The van der Waals surface area contributed by atoms with E-state index >= 15 is 0 Å². The van der Waals surface area contributed by atoms with Gasteiger partial charge in [-0.15, -0.1) is 0 Å². The summed E-state index contributed by atoms with van der Waals surface area (Å²) >= 11 is 0. The van der Waals surface area contributed by atoms with Crippen LogP contribution in [0.2, 0.25) is 0 Å². The molecule has 0 aliphatic rings. The van der Waals surface area contributed by atoms with Crippen molar-refractivity contribution in [3.8, 4) is 0 Å². The van der Waals surface area contributed by atoms with E-state index in [2.05, 4.69) is 20.0 Å². The molecule has 0 aliphatic heterocycles. The molecule has 2 amide bonds. The number of sulfonamides is 1. The first kappa shape index (κ1) is 21.8. The van der Waals surface area contributed by atoms with E-state index in [9.17, 15) is 13.2 Å². The predicted octanol–water partition coefficient (Wildman–Crippen LogP) is 3.99. The average molecular weight is 405 g/mol. The molecule has 0 atom stereocenters. The van der Waals surface area contributed by atoms with E-state index < -0.39 is 21.8 Å². The fourth-order valence-corrected chi connectivity index (χ4v) is 3.85. The molecule has 0 unspecified atom stereocenters. The highest BCUT2D eigenvalue weighted by Crippen LogP contribution is 2.33. The minimum atomic E-state index is -3.91. The summed E-state index contributed by atoms with van der Waals surface area (Å²) in [5.74, 6) is -0.0744. The second kappa shape index (κ2) is 8.68. The smallest absolute Gasteiger partial charge is 0.307 e. The van der Waals surface area contributed by atoms with Gasteiger partial charge in [-0.2, -0.15) is 0 Å². The normalized spacial score (nSPS) is 11.7. The molecule has 2 aromatic rings. The highest BCUT2D eigenvalue weighted by atomic mass is 32.2. The number of urea groups is 1. The molecule has 1 aromatic heterocycles. The number of amides is 2. The summed E-state index contributed by atoms with van der Waals surface area (Å²) < 4.78 is 26.7. The average Bonchev–Trinajstić information content (AvgIpc) is 2.57. The zero-order valence-electron chi connectivity index (χ0n) is 17.2. The van der Waals surface area contributed by atoms with Crippen LogP contribution in [0.15, 0.2) is 24.5 Å². The topological polar surface area (TPSA) is 101 Å². The minimum absolute atomic E-state index is 0.173. The number of aromatic nitrogens is 2. The lowest BCUT2D eigenvalue weighted by atomic mass is 9.90. The molecule has 0 saturated heterocycles. The van der Waals surface area contributed by atoms with Gasteiger partial charge in [0.05, 0.1) is 11.4 Å². The van der Waals surface area contributed by atoms with E-state index in [1.54, 1.807) is 6.92 Å². The molecule has 152 valence electrons. The monoisotopic (exact) mass is 404 g/mol. The zero-order chi connectivity index (χ0) is 21.1. The Kier molecular flexibility index (Phi) is 6.77. The van der Waals surface area contributed by atoms with Gasteiger partial charge in [0.25, 0.3) is 0 Å². The molecule has 1 aromatic carbocycles. The Morgan fingerprint density at radius 3 is 2.04 bits per heavy atom. The summed E-state index contributed by atoms with van der Waals surface area (Å²) in [6.45, 7) is 11.9. The summed E-state index contributed by atoms with van der Waals surface area (Å²) in [5, 5.41) is 2.75. The highest BCUT2D eigenvalue weighted by Gasteiger charge is 2.21. The maximum Gasteiger partial charge on any atom is 0.332 e. The third kappa shape index (κ3) is 5.76. The van der Waals surface area contributed by atoms with Crippen molar-refractivity contribution >= 4 is 21.7 Å². The third-order valence-corrected chi connectivity index (χ3v) is 5.42. The zero-order valence-corrected chi connectivity index (χ0v) is 18.0. The molecule has 7 nitrogen and oxygen atoms in total. The van der Waals surface area contributed by atoms with Crippen molar-refractivity contribution in [2.24, 2.45) is 0 Å². The minimum Gasteiger partial charge on any atom is -0.307 e. The van der Waals surface area contributed by atoms with E-state index in [0.29, 0.717) is 11.4 Å². The van der Waals surface area contributed by atoms with Gasteiger partial charge in [-0.3, -0.25) is 9.97 Å². The molecule has 0 fully saturated rings.